The number of nitrogens with zero attached hydrogens (tertiary/aromatic N) is 1. The van der Waals surface area contributed by atoms with E-state index in [0.717, 1.165) is 36.9 Å². The van der Waals surface area contributed by atoms with Gasteiger partial charge in [-0.25, -0.2) is 0 Å². The minimum atomic E-state index is -0.219. The van der Waals surface area contributed by atoms with Crippen molar-refractivity contribution < 1.29 is 4.79 Å². The average molecular weight is 373 g/mol. The molecular formula is C20H32N6O. The number of carbonyl (C=O) groups is 1. The van der Waals surface area contributed by atoms with Crippen molar-refractivity contribution in [2.45, 2.75) is 38.8 Å². The molecule has 0 radical (unpaired) electrons. The van der Waals surface area contributed by atoms with E-state index >= 15 is 0 Å². The van der Waals surface area contributed by atoms with Crippen molar-refractivity contribution in [3.8, 4) is 0 Å². The lowest BCUT2D eigenvalue weighted by molar-refractivity contribution is 0.0952. The summed E-state index contributed by atoms with van der Waals surface area (Å²) in [6.07, 6.45) is 7.27. The van der Waals surface area contributed by atoms with Crippen LogP contribution in [0.15, 0.2) is 30.6 Å². The number of anilines is 1. The number of unbranched alkanes of at least 4 members (excludes halogenated alkanes) is 2. The van der Waals surface area contributed by atoms with Gasteiger partial charge in [0.15, 0.2) is 0 Å². The van der Waals surface area contributed by atoms with Gasteiger partial charge in [-0.3, -0.25) is 4.79 Å². The number of hydrogen-bond acceptors (Lipinski definition) is 6. The van der Waals surface area contributed by atoms with E-state index in [2.05, 4.69) is 16.0 Å². The van der Waals surface area contributed by atoms with Crippen molar-refractivity contribution in [1.29, 1.82) is 5.41 Å². The maximum atomic E-state index is 12.5. The summed E-state index contributed by atoms with van der Waals surface area (Å²) < 4.78 is 0. The predicted molar refractivity (Wildman–Crippen MR) is 111 cm³/mol. The molecule has 1 heterocycles. The van der Waals surface area contributed by atoms with Gasteiger partial charge < -0.3 is 32.0 Å². The number of rotatable bonds is 9. The van der Waals surface area contributed by atoms with Crippen LogP contribution in [-0.4, -0.2) is 49.4 Å². The Bertz CT molecular complexity index is 672. The molecule has 2 rings (SSSR count). The van der Waals surface area contributed by atoms with Crippen LogP contribution >= 0.6 is 0 Å². The van der Waals surface area contributed by atoms with Gasteiger partial charge >= 0.3 is 0 Å². The highest BCUT2D eigenvalue weighted by Gasteiger charge is 2.20. The molecule has 0 spiro atoms. The zero-order chi connectivity index (χ0) is 19.6. The smallest absolute Gasteiger partial charge is 0.251 e. The first kappa shape index (κ1) is 20.8. The fourth-order valence-electron chi connectivity index (χ4n) is 3.06. The lowest BCUT2D eigenvalue weighted by Crippen LogP contribution is -2.42. The van der Waals surface area contributed by atoms with Crippen LogP contribution in [0.5, 0.6) is 0 Å². The summed E-state index contributed by atoms with van der Waals surface area (Å²) in [5.74, 6) is -0.0300. The van der Waals surface area contributed by atoms with Gasteiger partial charge in [0.1, 0.15) is 6.17 Å². The summed E-state index contributed by atoms with van der Waals surface area (Å²) in [4.78, 5) is 14.4. The minimum Gasteiger partial charge on any atom is -0.384 e. The third kappa shape index (κ3) is 5.99. The number of hydrogen-bond donors (Lipinski definition) is 5. The Morgan fingerprint density at radius 2 is 2.19 bits per heavy atom. The topological polar surface area (TPSA) is 106 Å². The Balaban J connectivity index is 2.03. The van der Waals surface area contributed by atoms with E-state index < -0.39 is 0 Å². The number of nitrogens with one attached hydrogen (secondary N) is 4. The van der Waals surface area contributed by atoms with Crippen LogP contribution in [0, 0.1) is 5.41 Å². The fourth-order valence-corrected chi connectivity index (χ4v) is 3.06. The standard InChI is InChI=1S/C20H32N6O/c1-3-15-13-16(25-19-18(22)14-23-11-12-26(19)2)7-8-17(15)20(27)24-10-6-4-5-9-21/h7-8,11-13,19,22-23,25H,3-6,9-10,14,21H2,1-2H3,(H,24,27). The summed E-state index contributed by atoms with van der Waals surface area (Å²) >= 11 is 0. The van der Waals surface area contributed by atoms with Crippen LogP contribution in [0.3, 0.4) is 0 Å². The van der Waals surface area contributed by atoms with Crippen molar-refractivity contribution in [1.82, 2.24) is 15.5 Å². The first-order chi connectivity index (χ1) is 13.1. The fraction of sp³-hybridized carbons (Fsp3) is 0.500. The molecule has 1 unspecified atom stereocenters. The molecule has 6 N–H and O–H groups in total. The Morgan fingerprint density at radius 3 is 2.93 bits per heavy atom. The van der Waals surface area contributed by atoms with Crippen molar-refractivity contribution in [2.24, 2.45) is 5.73 Å². The van der Waals surface area contributed by atoms with Gasteiger partial charge in [0.2, 0.25) is 0 Å². The first-order valence-electron chi connectivity index (χ1n) is 9.63. The summed E-state index contributed by atoms with van der Waals surface area (Å²) in [6, 6.07) is 5.78. The van der Waals surface area contributed by atoms with Crippen LogP contribution in [0.2, 0.25) is 0 Å². The number of amides is 1. The highest BCUT2D eigenvalue weighted by Crippen LogP contribution is 2.19. The van der Waals surface area contributed by atoms with E-state index in [-0.39, 0.29) is 12.1 Å². The number of carbonyl (C=O) groups excluding carboxylic acids is 1. The Morgan fingerprint density at radius 1 is 1.37 bits per heavy atom. The molecular weight excluding hydrogens is 340 g/mol. The van der Waals surface area contributed by atoms with Gasteiger partial charge in [-0.2, -0.15) is 0 Å². The quantitative estimate of drug-likeness (QED) is 0.426. The first-order valence-corrected chi connectivity index (χ1v) is 9.63. The predicted octanol–water partition coefficient (Wildman–Crippen LogP) is 1.87. The molecule has 7 nitrogen and oxygen atoms in total. The molecule has 148 valence electrons. The SMILES string of the molecule is CCc1cc(NC2C(=N)CNC=CN2C)ccc1C(=O)NCCCCCN. The second kappa shape index (κ2) is 10.6. The highest BCUT2D eigenvalue weighted by molar-refractivity contribution is 5.96. The number of nitrogens with two attached hydrogens (primary N) is 1. The molecule has 1 aliphatic rings. The molecule has 1 atom stereocenters. The van der Waals surface area contributed by atoms with E-state index in [1.165, 1.54) is 0 Å². The second-order valence-electron chi connectivity index (χ2n) is 6.76. The van der Waals surface area contributed by atoms with E-state index in [9.17, 15) is 4.79 Å². The Hall–Kier alpha value is -2.54. The van der Waals surface area contributed by atoms with Crippen molar-refractivity contribution in [3.05, 3.63) is 41.7 Å². The summed E-state index contributed by atoms with van der Waals surface area (Å²) in [5.41, 5.74) is 8.66. The maximum absolute atomic E-state index is 12.5. The molecule has 1 aromatic carbocycles. The Labute approximate surface area is 161 Å². The maximum Gasteiger partial charge on any atom is 0.251 e. The zero-order valence-electron chi connectivity index (χ0n) is 16.3. The van der Waals surface area contributed by atoms with Crippen molar-refractivity contribution >= 4 is 17.3 Å². The van der Waals surface area contributed by atoms with Gasteiger partial charge in [-0.05, 0) is 49.6 Å². The molecule has 1 aliphatic heterocycles. The van der Waals surface area contributed by atoms with Crippen LogP contribution in [0.1, 0.15) is 42.1 Å². The molecule has 1 amide bonds. The molecule has 1 aromatic rings. The summed E-state index contributed by atoms with van der Waals surface area (Å²) in [5, 5.41) is 17.7. The normalized spacial score (nSPS) is 16.6. The third-order valence-electron chi connectivity index (χ3n) is 4.66. The van der Waals surface area contributed by atoms with Gasteiger partial charge in [-0.15, -0.1) is 0 Å². The average Bonchev–Trinajstić information content (AvgIpc) is 2.83. The molecule has 0 bridgehead atoms. The van der Waals surface area contributed by atoms with Crippen LogP contribution in [0.25, 0.3) is 0 Å². The van der Waals surface area contributed by atoms with Crippen LogP contribution < -0.4 is 21.7 Å². The van der Waals surface area contributed by atoms with Crippen LogP contribution in [-0.2, 0) is 6.42 Å². The van der Waals surface area contributed by atoms with E-state index in [4.69, 9.17) is 11.1 Å². The highest BCUT2D eigenvalue weighted by atomic mass is 16.1. The second-order valence-corrected chi connectivity index (χ2v) is 6.76. The number of benzene rings is 1. The molecule has 0 fully saturated rings. The lowest BCUT2D eigenvalue weighted by Gasteiger charge is -2.27. The van der Waals surface area contributed by atoms with Crippen LogP contribution in [0.4, 0.5) is 5.69 Å². The number of aryl methyl sites for hydroxylation is 1. The largest absolute Gasteiger partial charge is 0.384 e. The zero-order valence-corrected chi connectivity index (χ0v) is 16.3. The van der Waals surface area contributed by atoms with Gasteiger partial charge in [-0.1, -0.05) is 13.3 Å². The lowest BCUT2D eigenvalue weighted by atomic mass is 10.0. The summed E-state index contributed by atoms with van der Waals surface area (Å²) in [7, 11) is 1.93. The molecule has 0 aliphatic carbocycles. The molecule has 0 aromatic heterocycles. The minimum absolute atomic E-state index is 0.0300. The summed E-state index contributed by atoms with van der Waals surface area (Å²) in [6.45, 7) is 3.92. The Kier molecular flexibility index (Phi) is 8.13. The van der Waals surface area contributed by atoms with Gasteiger partial charge in [0, 0.05) is 37.2 Å². The molecule has 0 saturated heterocycles. The monoisotopic (exact) mass is 372 g/mol. The van der Waals surface area contributed by atoms with Crippen molar-refractivity contribution in [3.63, 3.8) is 0 Å². The molecule has 0 saturated carbocycles. The van der Waals surface area contributed by atoms with Gasteiger partial charge in [0.25, 0.3) is 5.91 Å². The molecule has 7 heteroatoms. The van der Waals surface area contributed by atoms with Crippen molar-refractivity contribution in [2.75, 3.05) is 32.0 Å². The van der Waals surface area contributed by atoms with E-state index in [0.29, 0.717) is 30.9 Å². The molecule has 27 heavy (non-hydrogen) atoms. The van der Waals surface area contributed by atoms with Gasteiger partial charge in [0.05, 0.1) is 12.3 Å². The van der Waals surface area contributed by atoms with E-state index in [1.54, 1.807) is 0 Å². The third-order valence-corrected chi connectivity index (χ3v) is 4.66. The van der Waals surface area contributed by atoms with E-state index in [1.807, 2.05) is 49.5 Å².